The Hall–Kier alpha value is -6.65. The number of hydrogen-bond acceptors (Lipinski definition) is 4. The van der Waals surface area contributed by atoms with E-state index < -0.39 is 0 Å². The van der Waals surface area contributed by atoms with Crippen LogP contribution in [-0.2, 0) is 0 Å². The van der Waals surface area contributed by atoms with Gasteiger partial charge in [0.05, 0.1) is 11.1 Å². The highest BCUT2D eigenvalue weighted by Crippen LogP contribution is 2.45. The molecule has 0 aliphatic heterocycles. The van der Waals surface area contributed by atoms with Gasteiger partial charge in [0.15, 0.2) is 5.58 Å². The number of oxazole rings is 1. The van der Waals surface area contributed by atoms with Crippen molar-refractivity contribution in [3.05, 3.63) is 170 Å². The lowest BCUT2D eigenvalue weighted by molar-refractivity contribution is 0.620. The molecule has 0 aliphatic rings. The molecule has 10 aromatic rings. The molecule has 4 heteroatoms. The van der Waals surface area contributed by atoms with Gasteiger partial charge in [-0.1, -0.05) is 109 Å². The van der Waals surface area contributed by atoms with E-state index in [0.29, 0.717) is 5.89 Å². The number of furan rings is 1. The van der Waals surface area contributed by atoms with Gasteiger partial charge in [-0.25, -0.2) is 4.98 Å². The number of fused-ring (bicyclic) bond motifs is 7. The summed E-state index contributed by atoms with van der Waals surface area (Å²) in [4.78, 5) is 7.15. The van der Waals surface area contributed by atoms with Crippen LogP contribution < -0.4 is 4.90 Å². The average Bonchev–Trinajstić information content (AvgIpc) is 3.76. The summed E-state index contributed by atoms with van der Waals surface area (Å²) in [7, 11) is 0. The summed E-state index contributed by atoms with van der Waals surface area (Å²) in [6.45, 7) is 0. The number of benzene rings is 8. The highest BCUT2D eigenvalue weighted by atomic mass is 16.4. The van der Waals surface area contributed by atoms with E-state index in [2.05, 4.69) is 126 Å². The highest BCUT2D eigenvalue weighted by Gasteiger charge is 2.21. The minimum Gasteiger partial charge on any atom is -0.456 e. The molecule has 0 unspecified atom stereocenters. The largest absolute Gasteiger partial charge is 0.456 e. The van der Waals surface area contributed by atoms with Crippen molar-refractivity contribution in [1.82, 2.24) is 4.98 Å². The van der Waals surface area contributed by atoms with E-state index in [9.17, 15) is 0 Å². The van der Waals surface area contributed by atoms with Crippen LogP contribution in [0.15, 0.2) is 179 Å². The number of nitrogens with zero attached hydrogens (tertiary/aromatic N) is 2. The summed E-state index contributed by atoms with van der Waals surface area (Å²) in [6.07, 6.45) is 0. The molecular formula is C45H28N2O2. The third-order valence-corrected chi connectivity index (χ3v) is 9.47. The summed E-state index contributed by atoms with van der Waals surface area (Å²) < 4.78 is 12.9. The van der Waals surface area contributed by atoms with Crippen LogP contribution in [0.1, 0.15) is 0 Å². The predicted octanol–water partition coefficient (Wildman–Crippen LogP) is 12.8. The van der Waals surface area contributed by atoms with Gasteiger partial charge in [-0.2, -0.15) is 0 Å². The topological polar surface area (TPSA) is 42.4 Å². The van der Waals surface area contributed by atoms with Crippen molar-refractivity contribution in [2.24, 2.45) is 0 Å². The van der Waals surface area contributed by atoms with Gasteiger partial charge < -0.3 is 13.7 Å². The monoisotopic (exact) mass is 628 g/mol. The molecule has 0 bridgehead atoms. The van der Waals surface area contributed by atoms with Crippen molar-refractivity contribution in [2.45, 2.75) is 0 Å². The number of anilines is 3. The van der Waals surface area contributed by atoms with Gasteiger partial charge in [-0.15, -0.1) is 0 Å². The fourth-order valence-corrected chi connectivity index (χ4v) is 7.11. The quantitative estimate of drug-likeness (QED) is 0.178. The normalized spacial score (nSPS) is 11.7. The van der Waals surface area contributed by atoms with Crippen LogP contribution in [0.4, 0.5) is 17.1 Å². The Morgan fingerprint density at radius 3 is 1.90 bits per heavy atom. The molecule has 0 N–H and O–H groups in total. The molecule has 0 radical (unpaired) electrons. The minimum absolute atomic E-state index is 0.594. The van der Waals surface area contributed by atoms with Gasteiger partial charge in [0, 0.05) is 28.4 Å². The summed E-state index contributed by atoms with van der Waals surface area (Å²) >= 11 is 0. The zero-order chi connectivity index (χ0) is 32.3. The first-order chi connectivity index (χ1) is 24.3. The Labute approximate surface area is 282 Å². The first-order valence-electron chi connectivity index (χ1n) is 16.5. The lowest BCUT2D eigenvalue weighted by Crippen LogP contribution is -2.10. The molecule has 4 nitrogen and oxygen atoms in total. The Morgan fingerprint density at radius 2 is 1.08 bits per heavy atom. The third-order valence-electron chi connectivity index (χ3n) is 9.47. The summed E-state index contributed by atoms with van der Waals surface area (Å²) in [5.74, 6) is 0.594. The van der Waals surface area contributed by atoms with Crippen LogP contribution in [0.5, 0.6) is 0 Å². The van der Waals surface area contributed by atoms with E-state index in [1.807, 2.05) is 48.5 Å². The van der Waals surface area contributed by atoms with Gasteiger partial charge in [0.2, 0.25) is 5.89 Å². The second-order valence-electron chi connectivity index (χ2n) is 12.4. The van der Waals surface area contributed by atoms with Crippen LogP contribution >= 0.6 is 0 Å². The Bertz CT molecular complexity index is 2820. The first kappa shape index (κ1) is 27.5. The van der Waals surface area contributed by atoms with Crippen LogP contribution in [-0.4, -0.2) is 4.98 Å². The van der Waals surface area contributed by atoms with Crippen molar-refractivity contribution >= 4 is 71.6 Å². The van der Waals surface area contributed by atoms with Crippen molar-refractivity contribution in [3.8, 4) is 22.6 Å². The van der Waals surface area contributed by atoms with Crippen molar-refractivity contribution in [2.75, 3.05) is 4.90 Å². The molecule has 230 valence electrons. The molecular weight excluding hydrogens is 601 g/mol. The van der Waals surface area contributed by atoms with E-state index in [4.69, 9.17) is 13.8 Å². The third kappa shape index (κ3) is 4.57. The zero-order valence-electron chi connectivity index (χ0n) is 26.4. The van der Waals surface area contributed by atoms with Crippen LogP contribution in [0.3, 0.4) is 0 Å². The molecule has 0 aliphatic carbocycles. The van der Waals surface area contributed by atoms with Gasteiger partial charge in [-0.3, -0.25) is 0 Å². The van der Waals surface area contributed by atoms with Crippen LogP contribution in [0, 0.1) is 0 Å². The molecule has 10 rings (SSSR count). The summed E-state index contributed by atoms with van der Waals surface area (Å²) in [5.41, 5.74) is 9.49. The number of aromatic nitrogens is 1. The molecule has 0 spiro atoms. The van der Waals surface area contributed by atoms with Crippen molar-refractivity contribution < 1.29 is 8.83 Å². The predicted molar refractivity (Wildman–Crippen MR) is 202 cm³/mol. The second kappa shape index (κ2) is 11.0. The molecule has 0 amide bonds. The molecule has 0 saturated heterocycles. The maximum absolute atomic E-state index is 6.53. The fraction of sp³-hybridized carbons (Fsp3) is 0. The minimum atomic E-state index is 0.594. The Balaban J connectivity index is 1.21. The SMILES string of the molecule is c1ccc(-c2ccc(N(c3ccc4ccc5ccccc5c4c3)c3cccc4oc5cc6nc(-c7ccccc7)oc6cc5c34)cc2)cc1. The van der Waals surface area contributed by atoms with Crippen LogP contribution in [0.2, 0.25) is 0 Å². The molecule has 0 saturated carbocycles. The van der Waals surface area contributed by atoms with Crippen molar-refractivity contribution in [1.29, 1.82) is 0 Å². The molecule has 8 aromatic carbocycles. The average molecular weight is 629 g/mol. The van der Waals surface area contributed by atoms with Gasteiger partial charge in [0.1, 0.15) is 16.7 Å². The number of hydrogen-bond donors (Lipinski definition) is 0. The van der Waals surface area contributed by atoms with E-state index >= 15 is 0 Å². The van der Waals surface area contributed by atoms with E-state index in [-0.39, 0.29) is 0 Å². The maximum atomic E-state index is 6.53. The second-order valence-corrected chi connectivity index (χ2v) is 12.4. The highest BCUT2D eigenvalue weighted by molar-refractivity contribution is 6.16. The maximum Gasteiger partial charge on any atom is 0.227 e. The van der Waals surface area contributed by atoms with E-state index in [1.165, 1.54) is 32.7 Å². The molecule has 0 fully saturated rings. The van der Waals surface area contributed by atoms with Crippen LogP contribution in [0.25, 0.3) is 77.2 Å². The van der Waals surface area contributed by atoms with E-state index in [0.717, 1.165) is 55.7 Å². The summed E-state index contributed by atoms with van der Waals surface area (Å²) in [5, 5.41) is 6.86. The molecule has 2 aromatic heterocycles. The van der Waals surface area contributed by atoms with Gasteiger partial charge in [0.25, 0.3) is 0 Å². The Morgan fingerprint density at radius 1 is 0.408 bits per heavy atom. The van der Waals surface area contributed by atoms with Gasteiger partial charge >= 0.3 is 0 Å². The van der Waals surface area contributed by atoms with E-state index in [1.54, 1.807) is 0 Å². The fourth-order valence-electron chi connectivity index (χ4n) is 7.11. The summed E-state index contributed by atoms with van der Waals surface area (Å²) in [6, 6.07) is 59.4. The smallest absolute Gasteiger partial charge is 0.227 e. The van der Waals surface area contributed by atoms with Gasteiger partial charge in [-0.05, 0) is 87.3 Å². The molecule has 49 heavy (non-hydrogen) atoms. The first-order valence-corrected chi connectivity index (χ1v) is 16.5. The lowest BCUT2D eigenvalue weighted by atomic mass is 10.00. The Kier molecular flexibility index (Phi) is 6.15. The molecule has 0 atom stereocenters. The zero-order valence-corrected chi connectivity index (χ0v) is 26.4. The van der Waals surface area contributed by atoms with Crippen molar-refractivity contribution in [3.63, 3.8) is 0 Å². The standard InChI is InChI=1S/C45H28N2O2/c1-3-10-29(11-4-1)30-20-23-34(24-21-30)47(35-25-22-32-19-18-31-12-7-8-15-36(31)37(32)26-35)40-16-9-17-41-44(40)38-27-43-39(28-42(38)48-41)46-45(49-43)33-13-5-2-6-14-33/h1-28H. The lowest BCUT2D eigenvalue weighted by Gasteiger charge is -2.27. The number of rotatable bonds is 5. The molecule has 2 heterocycles.